The number of hydrogen-bond donors (Lipinski definition) is 6. The van der Waals surface area contributed by atoms with Crippen molar-refractivity contribution in [1.82, 2.24) is 10.6 Å². The predicted molar refractivity (Wildman–Crippen MR) is 99.1 cm³/mol. The van der Waals surface area contributed by atoms with Crippen LogP contribution in [-0.4, -0.2) is 53.5 Å². The molecule has 9 N–H and O–H groups in total. The van der Waals surface area contributed by atoms with Crippen LogP contribution in [0.3, 0.4) is 0 Å². The van der Waals surface area contributed by atoms with Crippen molar-refractivity contribution in [3.63, 3.8) is 0 Å². The third-order valence-corrected chi connectivity index (χ3v) is 3.83. The summed E-state index contributed by atoms with van der Waals surface area (Å²) in [6, 6.07) is -2.74. The molecular formula is C16H32N6O4. The lowest BCUT2D eigenvalue weighted by atomic mass is 9.99. The smallest absolute Gasteiger partial charge is 0.326 e. The molecule has 0 heterocycles. The minimum atomic E-state index is -1.17. The first-order chi connectivity index (χ1) is 12.0. The van der Waals surface area contributed by atoms with Gasteiger partial charge < -0.3 is 32.9 Å². The minimum absolute atomic E-state index is 0.0787. The number of amides is 2. The summed E-state index contributed by atoms with van der Waals surface area (Å²) >= 11 is 0. The van der Waals surface area contributed by atoms with Gasteiger partial charge in [0, 0.05) is 6.54 Å². The zero-order chi connectivity index (χ0) is 20.4. The molecule has 10 nitrogen and oxygen atoms in total. The summed E-state index contributed by atoms with van der Waals surface area (Å²) in [5, 5.41) is 14.3. The van der Waals surface area contributed by atoms with E-state index in [1.807, 2.05) is 0 Å². The van der Waals surface area contributed by atoms with Gasteiger partial charge in [0.05, 0.1) is 6.04 Å². The lowest BCUT2D eigenvalue weighted by molar-refractivity contribution is -0.142. The van der Waals surface area contributed by atoms with Crippen molar-refractivity contribution in [2.45, 2.75) is 58.7 Å². The van der Waals surface area contributed by atoms with Crippen molar-refractivity contribution in [1.29, 1.82) is 0 Å². The Hall–Kier alpha value is -2.36. The van der Waals surface area contributed by atoms with E-state index in [1.54, 1.807) is 27.7 Å². The number of carboxylic acids is 1. The molecule has 0 bridgehead atoms. The fourth-order valence-corrected chi connectivity index (χ4v) is 2.11. The Bertz CT molecular complexity index is 517. The quantitative estimate of drug-likeness (QED) is 0.148. The van der Waals surface area contributed by atoms with Crippen LogP contribution in [0.5, 0.6) is 0 Å². The van der Waals surface area contributed by atoms with E-state index in [2.05, 4.69) is 15.6 Å². The standard InChI is InChI=1S/C16H32N6O4/c1-8(2)11(17)13(23)22-12(9(3)4)14(24)21-10(15(25)26)6-5-7-20-16(18)19/h8-12H,5-7,17H2,1-4H3,(H,21,24)(H,22,23)(H,25,26)(H4,18,19,20)/t10-,11-,12-/m0/s1. The van der Waals surface area contributed by atoms with Crippen molar-refractivity contribution >= 4 is 23.7 Å². The normalized spacial score (nSPS) is 14.4. The summed E-state index contributed by atoms with van der Waals surface area (Å²) < 4.78 is 0. The lowest BCUT2D eigenvalue weighted by Gasteiger charge is -2.26. The molecule has 0 saturated carbocycles. The molecule has 0 aromatic heterocycles. The summed E-state index contributed by atoms with van der Waals surface area (Å²) in [5.41, 5.74) is 16.2. The third-order valence-electron chi connectivity index (χ3n) is 3.83. The largest absolute Gasteiger partial charge is 0.480 e. The van der Waals surface area contributed by atoms with Crippen molar-refractivity contribution < 1.29 is 19.5 Å². The molecule has 0 aliphatic rings. The van der Waals surface area contributed by atoms with Gasteiger partial charge in [0.2, 0.25) is 11.8 Å². The number of nitrogens with two attached hydrogens (primary N) is 3. The summed E-state index contributed by atoms with van der Waals surface area (Å²) in [7, 11) is 0. The second-order valence-corrected chi connectivity index (χ2v) is 6.85. The number of aliphatic imine (C=N–C) groups is 1. The Morgan fingerprint density at radius 1 is 1.00 bits per heavy atom. The van der Waals surface area contributed by atoms with Crippen molar-refractivity contribution in [2.75, 3.05) is 6.54 Å². The second-order valence-electron chi connectivity index (χ2n) is 6.85. The Morgan fingerprint density at radius 3 is 2.00 bits per heavy atom. The average molecular weight is 372 g/mol. The highest BCUT2D eigenvalue weighted by atomic mass is 16.4. The maximum Gasteiger partial charge on any atom is 0.326 e. The van der Waals surface area contributed by atoms with Gasteiger partial charge in [0.25, 0.3) is 0 Å². The van der Waals surface area contributed by atoms with Crippen LogP contribution < -0.4 is 27.8 Å². The van der Waals surface area contributed by atoms with Crippen LogP contribution in [0.2, 0.25) is 0 Å². The number of rotatable bonds is 11. The maximum absolute atomic E-state index is 12.5. The first-order valence-corrected chi connectivity index (χ1v) is 8.61. The van der Waals surface area contributed by atoms with Gasteiger partial charge in [0.1, 0.15) is 12.1 Å². The van der Waals surface area contributed by atoms with E-state index in [-0.39, 0.29) is 30.8 Å². The summed E-state index contributed by atoms with van der Waals surface area (Å²) in [6.45, 7) is 7.35. The highest BCUT2D eigenvalue weighted by molar-refractivity contribution is 5.92. The van der Waals surface area contributed by atoms with Gasteiger partial charge in [-0.3, -0.25) is 14.6 Å². The molecule has 0 unspecified atom stereocenters. The molecule has 0 aliphatic carbocycles. The molecular weight excluding hydrogens is 340 g/mol. The number of hydrogen-bond acceptors (Lipinski definition) is 5. The van der Waals surface area contributed by atoms with Gasteiger partial charge in [-0.1, -0.05) is 27.7 Å². The molecule has 150 valence electrons. The first-order valence-electron chi connectivity index (χ1n) is 8.61. The topological polar surface area (TPSA) is 186 Å². The van der Waals surface area contributed by atoms with Crippen molar-refractivity contribution in [3.8, 4) is 0 Å². The van der Waals surface area contributed by atoms with Gasteiger partial charge in [-0.15, -0.1) is 0 Å². The van der Waals surface area contributed by atoms with E-state index >= 15 is 0 Å². The fourth-order valence-electron chi connectivity index (χ4n) is 2.11. The van der Waals surface area contributed by atoms with Gasteiger partial charge >= 0.3 is 5.97 Å². The second kappa shape index (κ2) is 11.3. The van der Waals surface area contributed by atoms with Crippen LogP contribution >= 0.6 is 0 Å². The first kappa shape index (κ1) is 23.6. The molecule has 0 aromatic carbocycles. The van der Waals surface area contributed by atoms with E-state index in [1.165, 1.54) is 0 Å². The number of aliphatic carboxylic acids is 1. The zero-order valence-electron chi connectivity index (χ0n) is 15.9. The Kier molecular flexibility index (Phi) is 10.3. The van der Waals surface area contributed by atoms with E-state index in [4.69, 9.17) is 17.2 Å². The molecule has 0 saturated heterocycles. The van der Waals surface area contributed by atoms with Gasteiger partial charge in [0.15, 0.2) is 5.96 Å². The van der Waals surface area contributed by atoms with Crippen LogP contribution in [0, 0.1) is 11.8 Å². The molecule has 10 heteroatoms. The SMILES string of the molecule is CC(C)[C@H](N)C(=O)N[C@H](C(=O)N[C@@H](CCCN=C(N)N)C(=O)O)C(C)C. The molecule has 0 rings (SSSR count). The maximum atomic E-state index is 12.5. The molecule has 0 aromatic rings. The van der Waals surface area contributed by atoms with Gasteiger partial charge in [-0.2, -0.15) is 0 Å². The Labute approximate surface area is 154 Å². The third kappa shape index (κ3) is 8.65. The van der Waals surface area contributed by atoms with Crippen LogP contribution in [-0.2, 0) is 14.4 Å². The van der Waals surface area contributed by atoms with Crippen LogP contribution in [0.1, 0.15) is 40.5 Å². The Morgan fingerprint density at radius 2 is 1.58 bits per heavy atom. The van der Waals surface area contributed by atoms with Crippen LogP contribution in [0.15, 0.2) is 4.99 Å². The van der Waals surface area contributed by atoms with E-state index < -0.39 is 35.9 Å². The molecule has 3 atom stereocenters. The highest BCUT2D eigenvalue weighted by Gasteiger charge is 2.30. The lowest BCUT2D eigenvalue weighted by Crippen LogP contribution is -2.57. The molecule has 0 radical (unpaired) electrons. The summed E-state index contributed by atoms with van der Waals surface area (Å²) in [5.74, 6) is -2.60. The number of nitrogens with one attached hydrogen (secondary N) is 2. The predicted octanol–water partition coefficient (Wildman–Crippen LogP) is -1.27. The van der Waals surface area contributed by atoms with E-state index in [0.29, 0.717) is 6.42 Å². The summed E-state index contributed by atoms with van der Waals surface area (Å²) in [4.78, 5) is 39.7. The van der Waals surface area contributed by atoms with E-state index in [9.17, 15) is 19.5 Å². The number of carbonyl (C=O) groups is 3. The number of carbonyl (C=O) groups excluding carboxylic acids is 2. The van der Waals surface area contributed by atoms with Gasteiger partial charge in [-0.25, -0.2) is 4.79 Å². The van der Waals surface area contributed by atoms with Crippen molar-refractivity contribution in [3.05, 3.63) is 0 Å². The molecule has 0 aliphatic heterocycles. The Balaban J connectivity index is 4.90. The monoisotopic (exact) mass is 372 g/mol. The number of carboxylic acid groups (broad SMARTS) is 1. The molecule has 2 amide bonds. The number of guanidine groups is 1. The fraction of sp³-hybridized carbons (Fsp3) is 0.750. The highest BCUT2D eigenvalue weighted by Crippen LogP contribution is 2.07. The van der Waals surface area contributed by atoms with Crippen LogP contribution in [0.4, 0.5) is 0 Å². The number of nitrogens with zero attached hydrogens (tertiary/aromatic N) is 1. The van der Waals surface area contributed by atoms with Gasteiger partial charge in [-0.05, 0) is 24.7 Å². The average Bonchev–Trinajstić information content (AvgIpc) is 2.53. The van der Waals surface area contributed by atoms with Crippen LogP contribution in [0.25, 0.3) is 0 Å². The minimum Gasteiger partial charge on any atom is -0.480 e. The molecule has 0 fully saturated rings. The molecule has 26 heavy (non-hydrogen) atoms. The zero-order valence-corrected chi connectivity index (χ0v) is 15.9. The van der Waals surface area contributed by atoms with E-state index in [0.717, 1.165) is 0 Å². The molecule has 0 spiro atoms. The van der Waals surface area contributed by atoms with Crippen molar-refractivity contribution in [2.24, 2.45) is 34.0 Å². The summed E-state index contributed by atoms with van der Waals surface area (Å²) in [6.07, 6.45) is 0.536.